The van der Waals surface area contributed by atoms with Gasteiger partial charge in [-0.15, -0.1) is 0 Å². The molecule has 0 aromatic heterocycles. The van der Waals surface area contributed by atoms with Crippen LogP contribution in [0.1, 0.15) is 50.6 Å². The van der Waals surface area contributed by atoms with Gasteiger partial charge in [0.25, 0.3) is 0 Å². The Bertz CT molecular complexity index is 520. The number of hydrogen-bond acceptors (Lipinski definition) is 3. The first-order valence-corrected chi connectivity index (χ1v) is 9.31. The van der Waals surface area contributed by atoms with Gasteiger partial charge in [0.1, 0.15) is 0 Å². The Morgan fingerprint density at radius 3 is 2.75 bits per heavy atom. The van der Waals surface area contributed by atoms with Gasteiger partial charge in [0.05, 0.1) is 6.04 Å². The van der Waals surface area contributed by atoms with Gasteiger partial charge in [-0.05, 0) is 50.1 Å². The Morgan fingerprint density at radius 2 is 2.00 bits per heavy atom. The van der Waals surface area contributed by atoms with Crippen molar-refractivity contribution in [3.05, 3.63) is 35.9 Å². The summed E-state index contributed by atoms with van der Waals surface area (Å²) in [4.78, 5) is 14.8. The number of amides is 1. The molecule has 2 heterocycles. The van der Waals surface area contributed by atoms with E-state index < -0.39 is 0 Å². The highest BCUT2D eigenvalue weighted by Gasteiger charge is 2.36. The molecule has 1 aromatic rings. The lowest BCUT2D eigenvalue weighted by Crippen LogP contribution is -2.47. The highest BCUT2D eigenvalue weighted by molar-refractivity contribution is 5.76. The fourth-order valence-electron chi connectivity index (χ4n) is 4.11. The first kappa shape index (κ1) is 17.4. The molecule has 1 amide bonds. The summed E-state index contributed by atoms with van der Waals surface area (Å²) in [5.41, 5.74) is 1.61. The van der Waals surface area contributed by atoms with Gasteiger partial charge in [0, 0.05) is 32.7 Å². The van der Waals surface area contributed by atoms with Crippen molar-refractivity contribution in [3.63, 3.8) is 0 Å². The molecule has 0 bridgehead atoms. The molecule has 0 aliphatic carbocycles. The van der Waals surface area contributed by atoms with Crippen LogP contribution < -0.4 is 5.32 Å². The predicted octanol–water partition coefficient (Wildman–Crippen LogP) is 3.15. The van der Waals surface area contributed by atoms with Crippen LogP contribution in [0.5, 0.6) is 0 Å². The lowest BCUT2D eigenvalue weighted by molar-refractivity contribution is -0.122. The predicted molar refractivity (Wildman–Crippen MR) is 95.8 cm³/mol. The van der Waals surface area contributed by atoms with Gasteiger partial charge >= 0.3 is 0 Å². The van der Waals surface area contributed by atoms with Crippen LogP contribution in [-0.4, -0.2) is 43.7 Å². The van der Waals surface area contributed by atoms with Crippen LogP contribution in [0.15, 0.2) is 30.3 Å². The lowest BCUT2D eigenvalue weighted by Gasteiger charge is -2.45. The second-order valence-corrected chi connectivity index (χ2v) is 7.44. The fraction of sp³-hybridized carbons (Fsp3) is 0.650. The molecule has 2 saturated heterocycles. The van der Waals surface area contributed by atoms with Crippen LogP contribution in [0.4, 0.5) is 0 Å². The van der Waals surface area contributed by atoms with E-state index in [1.54, 1.807) is 0 Å². The molecule has 24 heavy (non-hydrogen) atoms. The van der Waals surface area contributed by atoms with Gasteiger partial charge in [-0.1, -0.05) is 30.3 Å². The molecule has 1 atom stereocenters. The number of hydrogen-bond donors (Lipinski definition) is 1. The third-order valence-corrected chi connectivity index (χ3v) is 5.63. The summed E-state index contributed by atoms with van der Waals surface area (Å²) in [6.07, 6.45) is 5.53. The van der Waals surface area contributed by atoms with Gasteiger partial charge in [0.2, 0.25) is 5.91 Å². The summed E-state index contributed by atoms with van der Waals surface area (Å²) in [5, 5.41) is 3.12. The van der Waals surface area contributed by atoms with E-state index in [1.807, 2.05) is 25.1 Å². The molecule has 1 aromatic carbocycles. The number of rotatable bonds is 5. The summed E-state index contributed by atoms with van der Waals surface area (Å²) in [6.45, 7) is 6.99. The quantitative estimate of drug-likeness (QED) is 0.902. The van der Waals surface area contributed by atoms with Crippen molar-refractivity contribution in [3.8, 4) is 0 Å². The summed E-state index contributed by atoms with van der Waals surface area (Å²) < 4.78 is 5.53. The maximum atomic E-state index is 12.3. The smallest absolute Gasteiger partial charge is 0.221 e. The molecular weight excluding hydrogens is 300 g/mol. The standard InChI is InChI=1S/C20H30N2O2/c1-17(18-6-3-2-4-7-18)21-19(23)8-13-22-12-5-9-20(16-22)10-14-24-15-11-20/h2-4,6-7,17H,5,8-16H2,1H3,(H,21,23)/t17-/m0/s1. The molecule has 0 radical (unpaired) electrons. The van der Waals surface area contributed by atoms with Crippen molar-refractivity contribution < 1.29 is 9.53 Å². The van der Waals surface area contributed by atoms with Crippen LogP contribution in [0, 0.1) is 5.41 Å². The molecule has 3 rings (SSSR count). The van der Waals surface area contributed by atoms with Crippen molar-refractivity contribution in [1.29, 1.82) is 0 Å². The minimum absolute atomic E-state index is 0.0712. The van der Waals surface area contributed by atoms with Crippen LogP contribution in [-0.2, 0) is 9.53 Å². The Labute approximate surface area is 145 Å². The number of likely N-dealkylation sites (tertiary alicyclic amines) is 1. The second kappa shape index (κ2) is 8.13. The maximum absolute atomic E-state index is 12.3. The summed E-state index contributed by atoms with van der Waals surface area (Å²) in [7, 11) is 0. The van der Waals surface area contributed by atoms with E-state index in [0.29, 0.717) is 11.8 Å². The van der Waals surface area contributed by atoms with E-state index >= 15 is 0 Å². The van der Waals surface area contributed by atoms with E-state index in [1.165, 1.54) is 25.7 Å². The summed E-state index contributed by atoms with van der Waals surface area (Å²) in [6, 6.07) is 10.2. The zero-order valence-electron chi connectivity index (χ0n) is 14.8. The molecule has 0 saturated carbocycles. The normalized spacial score (nSPS) is 22.2. The topological polar surface area (TPSA) is 41.6 Å². The maximum Gasteiger partial charge on any atom is 0.221 e. The highest BCUT2D eigenvalue weighted by atomic mass is 16.5. The Hall–Kier alpha value is -1.39. The van der Waals surface area contributed by atoms with Crippen molar-refractivity contribution in [2.75, 3.05) is 32.8 Å². The van der Waals surface area contributed by atoms with E-state index in [0.717, 1.165) is 38.4 Å². The van der Waals surface area contributed by atoms with Crippen LogP contribution in [0.2, 0.25) is 0 Å². The number of ether oxygens (including phenoxy) is 1. The molecule has 132 valence electrons. The number of nitrogens with zero attached hydrogens (tertiary/aromatic N) is 1. The molecule has 2 aliphatic heterocycles. The number of benzene rings is 1. The molecule has 1 N–H and O–H groups in total. The number of carbonyl (C=O) groups excluding carboxylic acids is 1. The Kier molecular flexibility index (Phi) is 5.90. The van der Waals surface area contributed by atoms with E-state index in [2.05, 4.69) is 22.3 Å². The average Bonchev–Trinajstić information content (AvgIpc) is 2.61. The van der Waals surface area contributed by atoms with Gasteiger partial charge in [-0.2, -0.15) is 0 Å². The molecule has 0 unspecified atom stereocenters. The van der Waals surface area contributed by atoms with Crippen LogP contribution >= 0.6 is 0 Å². The third-order valence-electron chi connectivity index (χ3n) is 5.63. The molecular formula is C20H30N2O2. The van der Waals surface area contributed by atoms with E-state index in [4.69, 9.17) is 4.74 Å². The fourth-order valence-corrected chi connectivity index (χ4v) is 4.11. The monoisotopic (exact) mass is 330 g/mol. The molecule has 4 nitrogen and oxygen atoms in total. The number of piperidine rings is 1. The minimum atomic E-state index is 0.0712. The van der Waals surface area contributed by atoms with Crippen molar-refractivity contribution in [2.45, 2.75) is 45.1 Å². The minimum Gasteiger partial charge on any atom is -0.381 e. The molecule has 1 spiro atoms. The zero-order chi connectivity index (χ0) is 16.8. The largest absolute Gasteiger partial charge is 0.381 e. The average molecular weight is 330 g/mol. The van der Waals surface area contributed by atoms with Crippen molar-refractivity contribution >= 4 is 5.91 Å². The first-order chi connectivity index (χ1) is 11.7. The third kappa shape index (κ3) is 4.58. The van der Waals surface area contributed by atoms with Crippen LogP contribution in [0.3, 0.4) is 0 Å². The molecule has 2 aliphatic rings. The van der Waals surface area contributed by atoms with E-state index in [9.17, 15) is 4.79 Å². The van der Waals surface area contributed by atoms with Crippen LogP contribution in [0.25, 0.3) is 0 Å². The van der Waals surface area contributed by atoms with Crippen molar-refractivity contribution in [1.82, 2.24) is 10.2 Å². The lowest BCUT2D eigenvalue weighted by atomic mass is 9.74. The van der Waals surface area contributed by atoms with E-state index in [-0.39, 0.29) is 11.9 Å². The Balaban J connectivity index is 1.44. The second-order valence-electron chi connectivity index (χ2n) is 7.44. The first-order valence-electron chi connectivity index (χ1n) is 9.31. The van der Waals surface area contributed by atoms with Gasteiger partial charge in [-0.3, -0.25) is 4.79 Å². The van der Waals surface area contributed by atoms with Gasteiger partial charge in [-0.25, -0.2) is 0 Å². The van der Waals surface area contributed by atoms with Gasteiger partial charge < -0.3 is 15.0 Å². The van der Waals surface area contributed by atoms with Gasteiger partial charge in [0.15, 0.2) is 0 Å². The summed E-state index contributed by atoms with van der Waals surface area (Å²) in [5.74, 6) is 0.151. The SMILES string of the molecule is C[C@H](NC(=O)CCN1CCCC2(CCOCC2)C1)c1ccccc1. The zero-order valence-corrected chi connectivity index (χ0v) is 14.8. The molecule has 2 fully saturated rings. The summed E-state index contributed by atoms with van der Waals surface area (Å²) >= 11 is 0. The Morgan fingerprint density at radius 1 is 1.25 bits per heavy atom. The van der Waals surface area contributed by atoms with Crippen molar-refractivity contribution in [2.24, 2.45) is 5.41 Å². The number of nitrogens with one attached hydrogen (secondary N) is 1. The number of carbonyl (C=O) groups is 1. The highest BCUT2D eigenvalue weighted by Crippen LogP contribution is 2.39. The molecule has 4 heteroatoms.